The highest BCUT2D eigenvalue weighted by Crippen LogP contribution is 2.36. The quantitative estimate of drug-likeness (QED) is 0.448. The fraction of sp³-hybridized carbons (Fsp3) is 0.478. The molecule has 0 aliphatic rings. The highest BCUT2D eigenvalue weighted by molar-refractivity contribution is 7.16. The van der Waals surface area contributed by atoms with E-state index in [4.69, 9.17) is 0 Å². The molecule has 8 heteroatoms. The van der Waals surface area contributed by atoms with E-state index < -0.39 is 6.10 Å². The van der Waals surface area contributed by atoms with Crippen molar-refractivity contribution in [3.8, 4) is 12.1 Å². The molecule has 7 nitrogen and oxygen atoms in total. The molecule has 0 spiro atoms. The van der Waals surface area contributed by atoms with Gasteiger partial charge >= 0.3 is 0 Å². The molecule has 0 aliphatic carbocycles. The van der Waals surface area contributed by atoms with Crippen LogP contribution in [0.25, 0.3) is 0 Å². The van der Waals surface area contributed by atoms with Crippen LogP contribution in [0.3, 0.4) is 0 Å². The van der Waals surface area contributed by atoms with Crippen molar-refractivity contribution in [2.75, 3.05) is 45.2 Å². The molecule has 2 rings (SSSR count). The molecule has 1 atom stereocenters. The van der Waals surface area contributed by atoms with Gasteiger partial charge in [-0.3, -0.25) is 0 Å². The maximum absolute atomic E-state index is 10.6. The van der Waals surface area contributed by atoms with Crippen LogP contribution in [0.4, 0.5) is 16.4 Å². The number of aliphatic hydroxyl groups excluding tert-OH is 1. The van der Waals surface area contributed by atoms with Gasteiger partial charge in [-0.15, -0.1) is 21.6 Å². The molecule has 31 heavy (non-hydrogen) atoms. The van der Waals surface area contributed by atoms with Crippen molar-refractivity contribution in [3.05, 3.63) is 39.8 Å². The van der Waals surface area contributed by atoms with Crippen LogP contribution in [-0.2, 0) is 0 Å². The van der Waals surface area contributed by atoms with Crippen molar-refractivity contribution in [1.82, 2.24) is 0 Å². The summed E-state index contributed by atoms with van der Waals surface area (Å²) in [6.07, 6.45) is -0.421. The number of quaternary nitrogens is 1. The Morgan fingerprint density at radius 1 is 1.16 bits per heavy atom. The van der Waals surface area contributed by atoms with Crippen LogP contribution in [0.1, 0.15) is 35.4 Å². The van der Waals surface area contributed by atoms with Crippen LogP contribution in [-0.4, -0.2) is 56.0 Å². The number of nitrogens with zero attached hydrogens (tertiary/aromatic N) is 6. The number of benzene rings is 1. The number of aryl methyl sites for hydroxylation is 1. The lowest BCUT2D eigenvalue weighted by Crippen LogP contribution is -2.48. The third-order valence-corrected chi connectivity index (χ3v) is 6.59. The lowest BCUT2D eigenvalue weighted by molar-refractivity contribution is -0.891. The molecular formula is C23H31N6OS+. The van der Waals surface area contributed by atoms with Crippen molar-refractivity contribution in [1.29, 1.82) is 10.5 Å². The Morgan fingerprint density at radius 2 is 1.87 bits per heavy atom. The second-order valence-corrected chi connectivity index (χ2v) is 9.26. The number of hydrogen-bond acceptors (Lipinski definition) is 7. The molecule has 0 saturated carbocycles. The molecule has 164 valence electrons. The van der Waals surface area contributed by atoms with E-state index in [0.29, 0.717) is 39.8 Å². The lowest BCUT2D eigenvalue weighted by atomic mass is 10.1. The third-order valence-electron chi connectivity index (χ3n) is 5.51. The minimum Gasteiger partial charge on any atom is -0.385 e. The molecule has 1 aromatic carbocycles. The van der Waals surface area contributed by atoms with Crippen molar-refractivity contribution in [3.63, 3.8) is 0 Å². The predicted octanol–water partition coefficient (Wildman–Crippen LogP) is 4.81. The molecule has 0 saturated heterocycles. The summed E-state index contributed by atoms with van der Waals surface area (Å²) in [6.45, 7) is 10.9. The van der Waals surface area contributed by atoms with Gasteiger partial charge in [0.1, 0.15) is 29.7 Å². The lowest BCUT2D eigenvalue weighted by Gasteiger charge is -2.33. The number of azo groups is 1. The van der Waals surface area contributed by atoms with Gasteiger partial charge < -0.3 is 14.5 Å². The summed E-state index contributed by atoms with van der Waals surface area (Å²) in [5, 5.41) is 38.1. The molecular weight excluding hydrogens is 408 g/mol. The van der Waals surface area contributed by atoms with Crippen molar-refractivity contribution >= 4 is 27.7 Å². The maximum atomic E-state index is 10.6. The summed E-state index contributed by atoms with van der Waals surface area (Å²) in [4.78, 5) is 2.64. The standard InChI is InChI=1S/C23H31N6OS/c1-7-28(14-19(30)15-29(5,6)8-2)18-9-10-21(16(3)11-18)26-27-23-20(12-24)17(4)22(13-25)31-23/h9-11,19,30H,7-8,14-15H2,1-6H3/q+1/b27-26+. The van der Waals surface area contributed by atoms with E-state index in [-0.39, 0.29) is 0 Å². The zero-order chi connectivity index (χ0) is 23.2. The minimum atomic E-state index is -0.421. The first-order chi connectivity index (χ1) is 14.6. The largest absolute Gasteiger partial charge is 0.385 e. The molecule has 0 aliphatic heterocycles. The Morgan fingerprint density at radius 3 is 2.42 bits per heavy atom. The number of anilines is 1. The summed E-state index contributed by atoms with van der Waals surface area (Å²) in [6, 6.07) is 10.1. The average molecular weight is 440 g/mol. The summed E-state index contributed by atoms with van der Waals surface area (Å²) >= 11 is 1.18. The van der Waals surface area contributed by atoms with E-state index in [0.717, 1.165) is 28.8 Å². The molecule has 0 radical (unpaired) electrons. The van der Waals surface area contributed by atoms with E-state index >= 15 is 0 Å². The maximum Gasteiger partial charge on any atom is 0.158 e. The molecule has 0 amide bonds. The summed E-state index contributed by atoms with van der Waals surface area (Å²) in [5.41, 5.74) is 3.73. The van der Waals surface area contributed by atoms with Gasteiger partial charge in [0.2, 0.25) is 0 Å². The van der Waals surface area contributed by atoms with Gasteiger partial charge in [0.15, 0.2) is 5.00 Å². The Bertz CT molecular complexity index is 1030. The summed E-state index contributed by atoms with van der Waals surface area (Å²) in [5.74, 6) is 0. The molecule has 0 fully saturated rings. The topological polar surface area (TPSA) is 95.8 Å². The average Bonchev–Trinajstić information content (AvgIpc) is 3.05. The van der Waals surface area contributed by atoms with Gasteiger partial charge in [-0.1, -0.05) is 0 Å². The third kappa shape index (κ3) is 6.11. The SMILES string of the molecule is CCN(CC(O)C[N+](C)(C)CC)c1ccc(/N=N/c2sc(C#N)c(C)c2C#N)c(C)c1. The molecule has 1 aromatic heterocycles. The van der Waals surface area contributed by atoms with Crippen molar-refractivity contribution in [2.24, 2.45) is 10.2 Å². The van der Waals surface area contributed by atoms with Gasteiger partial charge in [-0.05, 0) is 57.0 Å². The fourth-order valence-electron chi connectivity index (χ4n) is 3.28. The smallest absolute Gasteiger partial charge is 0.158 e. The Balaban J connectivity index is 2.20. The second kappa shape index (κ2) is 10.5. The van der Waals surface area contributed by atoms with Gasteiger partial charge in [-0.25, -0.2) is 0 Å². The predicted molar refractivity (Wildman–Crippen MR) is 125 cm³/mol. The highest BCUT2D eigenvalue weighted by Gasteiger charge is 2.21. The second-order valence-electron chi connectivity index (χ2n) is 8.26. The Hall–Kier alpha value is -2.78. The molecule has 1 heterocycles. The highest BCUT2D eigenvalue weighted by atomic mass is 32.1. The van der Waals surface area contributed by atoms with Gasteiger partial charge in [0.25, 0.3) is 0 Å². The Labute approximate surface area is 189 Å². The van der Waals surface area contributed by atoms with E-state index in [2.05, 4.69) is 55.2 Å². The first kappa shape index (κ1) is 24.5. The molecule has 1 N–H and O–H groups in total. The minimum absolute atomic E-state index is 0.402. The van der Waals surface area contributed by atoms with E-state index in [9.17, 15) is 15.6 Å². The van der Waals surface area contributed by atoms with Crippen LogP contribution < -0.4 is 4.90 Å². The van der Waals surface area contributed by atoms with E-state index in [1.165, 1.54) is 11.3 Å². The summed E-state index contributed by atoms with van der Waals surface area (Å²) in [7, 11) is 4.24. The van der Waals surface area contributed by atoms with Crippen LogP contribution in [0.5, 0.6) is 0 Å². The number of nitriles is 2. The van der Waals surface area contributed by atoms with E-state index in [1.807, 2.05) is 25.1 Å². The molecule has 0 bridgehead atoms. The first-order valence-electron chi connectivity index (χ1n) is 10.4. The van der Waals surface area contributed by atoms with Gasteiger partial charge in [-0.2, -0.15) is 10.5 Å². The van der Waals surface area contributed by atoms with Gasteiger partial charge in [0, 0.05) is 18.8 Å². The molecule has 1 unspecified atom stereocenters. The van der Waals surface area contributed by atoms with Crippen LogP contribution in [0.2, 0.25) is 0 Å². The monoisotopic (exact) mass is 439 g/mol. The van der Waals surface area contributed by atoms with Crippen LogP contribution >= 0.6 is 11.3 Å². The molecule has 2 aromatic rings. The van der Waals surface area contributed by atoms with E-state index in [1.54, 1.807) is 6.92 Å². The summed E-state index contributed by atoms with van der Waals surface area (Å²) < 4.78 is 0.775. The zero-order valence-electron chi connectivity index (χ0n) is 19.2. The fourth-order valence-corrected chi connectivity index (χ4v) is 4.16. The normalized spacial score (nSPS) is 12.5. The number of thiophene rings is 1. The van der Waals surface area contributed by atoms with Crippen molar-refractivity contribution in [2.45, 2.75) is 33.8 Å². The first-order valence-corrected chi connectivity index (χ1v) is 11.2. The van der Waals surface area contributed by atoms with Crippen molar-refractivity contribution < 1.29 is 9.59 Å². The number of hydrogen-bond donors (Lipinski definition) is 1. The van der Waals surface area contributed by atoms with Crippen LogP contribution in [0.15, 0.2) is 28.4 Å². The Kier molecular flexibility index (Phi) is 8.29. The van der Waals surface area contributed by atoms with Crippen LogP contribution in [0, 0.1) is 36.5 Å². The van der Waals surface area contributed by atoms with Gasteiger partial charge in [0.05, 0.1) is 31.9 Å². The number of likely N-dealkylation sites (N-methyl/N-ethyl adjacent to an activating group) is 2. The number of rotatable bonds is 9. The zero-order valence-corrected chi connectivity index (χ0v) is 20.0. The number of aliphatic hydroxyl groups is 1.